The van der Waals surface area contributed by atoms with E-state index >= 15 is 0 Å². The van der Waals surface area contributed by atoms with Crippen LogP contribution in [0.25, 0.3) is 68.0 Å². The third kappa shape index (κ3) is 13.9. The number of alkyl halides is 15. The summed E-state index contributed by atoms with van der Waals surface area (Å²) in [6.07, 6.45) is -13.9. The Balaban J connectivity index is 0.000000278. The van der Waals surface area contributed by atoms with Gasteiger partial charge in [-0.1, -0.05) is 20.8 Å². The van der Waals surface area contributed by atoms with E-state index in [0.29, 0.717) is 18.2 Å². The fourth-order valence-corrected chi connectivity index (χ4v) is 11.7. The van der Waals surface area contributed by atoms with Gasteiger partial charge in [-0.3, -0.25) is 0 Å². The second kappa shape index (κ2) is 26.5. The number of aromatic nitrogens is 18. The van der Waals surface area contributed by atoms with Gasteiger partial charge in [0.1, 0.15) is 54.9 Å². The monoisotopic (exact) mass is 1490 g/mol. The van der Waals surface area contributed by atoms with E-state index in [4.69, 9.17) is 9.69 Å². The number of sulfone groups is 3. The summed E-state index contributed by atoms with van der Waals surface area (Å²) in [6.45, 7) is 4.27. The minimum atomic E-state index is -5.86. The van der Waals surface area contributed by atoms with Crippen LogP contribution in [0.2, 0.25) is 0 Å². The second-order valence-electron chi connectivity index (χ2n) is 17.8. The van der Waals surface area contributed by atoms with E-state index in [-0.39, 0.29) is 136 Å². The van der Waals surface area contributed by atoms with E-state index in [1.807, 2.05) is 0 Å². The molecule has 0 radical (unpaired) electrons. The average Bonchev–Trinajstić information content (AvgIpc) is 2.66. The summed E-state index contributed by atoms with van der Waals surface area (Å²) >= 11 is 3.96. The number of imidazole rings is 6. The van der Waals surface area contributed by atoms with Crippen molar-refractivity contribution in [3.8, 4) is 34.6 Å². The molecule has 0 bridgehead atoms. The maximum absolute atomic E-state index is 13.6. The molecule has 0 saturated heterocycles. The molecule has 0 amide bonds. The standard InChI is InChI=1S/C14H12BrF5N6O2S.C14H13F5N6O2S.C14H12F5N6O2S.2ClH.Li.Zn/c1-4-29(27,28)11-8(22-12(15)26(11)3)10-21-6-5-7(13(16,17)14(18,19)20)23-24-9(6)25(10)2;2*1-4-28(26,27)12-9(20-6-24(12)2)11-21-7-5-8(13(15,16)14(17,18)19)22-23-10(7)25(11)3;;;;/h5H,4H2,1-3H3;5-6H,4H2,1-3H3;5H,4H2,1-3H3;2*1H;;/q;;-1;;;+1;+2/p-2. The molecule has 0 fully saturated rings. The Morgan fingerprint density at radius 3 is 1.13 bits per heavy atom. The molecule has 0 aliphatic carbocycles. The molecule has 0 spiro atoms. The zero-order chi connectivity index (χ0) is 66.1. The summed E-state index contributed by atoms with van der Waals surface area (Å²) in [5, 5.41) is 18.6. The number of hydrogen-bond donors (Lipinski definition) is 0. The minimum absolute atomic E-state index is 0. The SMILES string of the molecule is CCS(=O)(=O)c1c(-c2nc3cc(C(F)(F)C(F)(F)F)nnc3n2C)n[c-]n1C.CCS(=O)(=O)c1c(-c2nc3cc(C(F)(F)C(F)(F)F)nnc3n2C)nc(Br)n1C.CCS(=O)(=O)c1c(-c2nc3cc(C(F)(F)C(F)(F)F)nnc3n2C)ncn1C.[Cl-].[Cl][Zn+].[Li+]. The molecule has 0 aliphatic rings. The first kappa shape index (κ1) is 75.8. The van der Waals surface area contributed by atoms with Crippen molar-refractivity contribution in [1.82, 2.24) is 87.9 Å². The molecule has 47 heteroatoms. The predicted octanol–water partition coefficient (Wildman–Crippen LogP) is 1.89. The molecule has 89 heavy (non-hydrogen) atoms. The van der Waals surface area contributed by atoms with E-state index in [9.17, 15) is 91.1 Å². The van der Waals surface area contributed by atoms with Gasteiger partial charge in [0.15, 0.2) is 63.1 Å². The van der Waals surface area contributed by atoms with Crippen molar-refractivity contribution in [3.63, 3.8) is 0 Å². The van der Waals surface area contributed by atoms with Gasteiger partial charge in [0, 0.05) is 52.3 Å². The second-order valence-corrected chi connectivity index (χ2v) is 25.0. The van der Waals surface area contributed by atoms with Crippen LogP contribution in [0.15, 0.2) is 44.3 Å². The third-order valence-corrected chi connectivity index (χ3v) is 18.4. The largest absolute Gasteiger partial charge is 1.00 e. The number of nitrogens with zero attached hydrogens (tertiary/aromatic N) is 18. The molecular weight excluding hydrogens is 1460 g/mol. The first-order valence-electron chi connectivity index (χ1n) is 23.4. The van der Waals surface area contributed by atoms with Gasteiger partial charge in [0.25, 0.3) is 0 Å². The maximum Gasteiger partial charge on any atom is 1.00 e. The summed E-state index contributed by atoms with van der Waals surface area (Å²) in [6, 6.07) is 1.39. The van der Waals surface area contributed by atoms with Gasteiger partial charge in [0.2, 0.25) is 0 Å². The van der Waals surface area contributed by atoms with E-state index in [2.05, 4.69) is 82.8 Å². The van der Waals surface area contributed by atoms with Crippen LogP contribution in [0.3, 0.4) is 0 Å². The molecule has 9 aromatic heterocycles. The Morgan fingerprint density at radius 2 is 0.798 bits per heavy atom. The number of fused-ring (bicyclic) bond motifs is 3. The van der Waals surface area contributed by atoms with Crippen LogP contribution in [0, 0.1) is 6.33 Å². The Labute approximate surface area is 531 Å². The Morgan fingerprint density at radius 1 is 0.483 bits per heavy atom. The van der Waals surface area contributed by atoms with Gasteiger partial charge in [0.05, 0.1) is 23.7 Å². The van der Waals surface area contributed by atoms with E-state index in [1.54, 1.807) is 0 Å². The van der Waals surface area contributed by atoms with Crippen LogP contribution < -0.4 is 31.3 Å². The maximum atomic E-state index is 13.6. The third-order valence-electron chi connectivity index (χ3n) is 12.2. The van der Waals surface area contributed by atoms with Crippen LogP contribution in [-0.2, 0) is 107 Å². The van der Waals surface area contributed by atoms with Crippen LogP contribution in [0.4, 0.5) is 65.9 Å². The smallest absolute Gasteiger partial charge is 1.00 e. The first-order valence-corrected chi connectivity index (χ1v) is 33.1. The molecule has 0 atom stereocenters. The molecule has 0 saturated carbocycles. The number of halogens is 18. The van der Waals surface area contributed by atoms with Crippen molar-refractivity contribution < 1.29 is 140 Å². The van der Waals surface area contributed by atoms with Crippen LogP contribution >= 0.6 is 25.6 Å². The van der Waals surface area contributed by atoms with E-state index in [0.717, 1.165) is 21.9 Å². The molecule has 0 aliphatic heterocycles. The molecule has 0 unspecified atom stereocenters. The molecule has 0 N–H and O–H groups in total. The van der Waals surface area contributed by atoms with Gasteiger partial charge in [-0.2, -0.15) is 65.9 Å². The van der Waals surface area contributed by atoms with Crippen molar-refractivity contribution in [2.75, 3.05) is 17.3 Å². The summed E-state index contributed by atoms with van der Waals surface area (Å²) < 4.78 is 276. The van der Waals surface area contributed by atoms with Gasteiger partial charge in [-0.15, -0.1) is 30.6 Å². The fourth-order valence-electron chi connectivity index (χ4n) is 7.68. The Bertz CT molecular complexity index is 4280. The topological polar surface area (TPSA) is 287 Å². The van der Waals surface area contributed by atoms with Crippen molar-refractivity contribution in [2.45, 2.75) is 72.1 Å². The van der Waals surface area contributed by atoms with Crippen LogP contribution in [0.1, 0.15) is 37.9 Å². The van der Waals surface area contributed by atoms with E-state index < -0.39 is 82.9 Å². The van der Waals surface area contributed by atoms with Gasteiger partial charge < -0.3 is 44.8 Å². The Hall–Kier alpha value is -5.64. The van der Waals surface area contributed by atoms with E-state index in [1.165, 1.54) is 92.2 Å². The molecule has 24 nitrogen and oxygen atoms in total. The van der Waals surface area contributed by atoms with Gasteiger partial charge in [-0.05, 0) is 46.9 Å². The van der Waals surface area contributed by atoms with Gasteiger partial charge >= 0.3 is 82.2 Å². The van der Waals surface area contributed by atoms with Crippen molar-refractivity contribution in [3.05, 3.63) is 52.7 Å². The molecule has 9 aromatic rings. The number of hydrogen-bond acceptors (Lipinski definition) is 18. The van der Waals surface area contributed by atoms with Crippen LogP contribution in [0.5, 0.6) is 0 Å². The van der Waals surface area contributed by atoms with Crippen LogP contribution in [-0.4, -0.2) is 149 Å². The molecule has 0 aromatic carbocycles. The molecule has 9 rings (SSSR count). The first-order chi connectivity index (χ1) is 39.8. The fraction of sp³-hybridized carbons (Fsp3) is 0.429. The zero-order valence-electron chi connectivity index (χ0n) is 46.7. The van der Waals surface area contributed by atoms with Crippen molar-refractivity contribution >= 4 is 88.6 Å². The predicted molar refractivity (Wildman–Crippen MR) is 271 cm³/mol. The quantitative estimate of drug-likeness (QED) is 0.0959. The Kier molecular flexibility index (Phi) is 22.6. The zero-order valence-corrected chi connectivity index (χ0v) is 55.2. The van der Waals surface area contributed by atoms with Gasteiger partial charge in [-0.25, -0.2) is 50.2 Å². The number of rotatable bonds is 12. The van der Waals surface area contributed by atoms with Crippen molar-refractivity contribution in [2.24, 2.45) is 42.3 Å². The normalized spacial score (nSPS) is 12.9. The molecule has 478 valence electrons. The summed E-state index contributed by atoms with van der Waals surface area (Å²) in [4.78, 5) is 23.9. The molecule has 9 heterocycles. The van der Waals surface area contributed by atoms with Crippen molar-refractivity contribution in [1.29, 1.82) is 0 Å². The summed E-state index contributed by atoms with van der Waals surface area (Å²) in [5.74, 6) is -16.6. The minimum Gasteiger partial charge on any atom is 1.00 e. The summed E-state index contributed by atoms with van der Waals surface area (Å²) in [5.41, 5.74) is -6.47. The summed E-state index contributed by atoms with van der Waals surface area (Å²) in [7, 11) is 1.92. The average molecular weight is 1490 g/mol. The molecular formula is C42H37BrCl2F15LiN18O6S3Zn. The number of aryl methyl sites for hydroxylation is 5.